The van der Waals surface area contributed by atoms with Crippen molar-refractivity contribution in [3.8, 4) is 0 Å². The van der Waals surface area contributed by atoms with E-state index in [1.807, 2.05) is 42.5 Å². The van der Waals surface area contributed by atoms with E-state index in [4.69, 9.17) is 4.74 Å². The van der Waals surface area contributed by atoms with Gasteiger partial charge in [0.05, 0.1) is 36.3 Å². The second-order valence-corrected chi connectivity index (χ2v) is 7.53. The molecule has 0 aliphatic carbocycles. The van der Waals surface area contributed by atoms with Gasteiger partial charge in [0, 0.05) is 13.1 Å². The van der Waals surface area contributed by atoms with Gasteiger partial charge in [-0.25, -0.2) is 8.61 Å². The van der Waals surface area contributed by atoms with Gasteiger partial charge in [0.25, 0.3) is 0 Å². The van der Waals surface area contributed by atoms with Crippen LogP contribution < -0.4 is 13.9 Å². The Bertz CT molecular complexity index is 820. The van der Waals surface area contributed by atoms with Crippen molar-refractivity contribution in [1.82, 2.24) is 5.32 Å². The molecule has 6 nitrogen and oxygen atoms in total. The molecule has 2 aliphatic rings. The van der Waals surface area contributed by atoms with E-state index in [-0.39, 0.29) is 6.10 Å². The van der Waals surface area contributed by atoms with Crippen LogP contribution in [0.3, 0.4) is 0 Å². The molecule has 0 amide bonds. The SMILES string of the molecule is O=S1(=O)N(CC2CNCCO2)c2ccccc2N1c1ccccc1. The Hall–Kier alpha value is -2.09. The number of morpholine rings is 1. The Morgan fingerprint density at radius 2 is 1.75 bits per heavy atom. The molecule has 0 aromatic heterocycles. The smallest absolute Gasteiger partial charge is 0.331 e. The van der Waals surface area contributed by atoms with Crippen molar-refractivity contribution in [2.45, 2.75) is 6.10 Å². The molecule has 4 rings (SSSR count). The summed E-state index contributed by atoms with van der Waals surface area (Å²) in [5.41, 5.74) is 2.00. The topological polar surface area (TPSA) is 61.9 Å². The normalized spacial score (nSPS) is 22.4. The third-order valence-corrected chi connectivity index (χ3v) is 6.01. The van der Waals surface area contributed by atoms with Crippen molar-refractivity contribution in [3.63, 3.8) is 0 Å². The van der Waals surface area contributed by atoms with Gasteiger partial charge >= 0.3 is 10.2 Å². The molecule has 0 radical (unpaired) electrons. The highest BCUT2D eigenvalue weighted by molar-refractivity contribution is 7.95. The van der Waals surface area contributed by atoms with E-state index in [0.717, 1.165) is 6.54 Å². The first kappa shape index (κ1) is 15.4. The lowest BCUT2D eigenvalue weighted by molar-refractivity contribution is 0.0353. The van der Waals surface area contributed by atoms with Crippen LogP contribution in [0.1, 0.15) is 0 Å². The Balaban J connectivity index is 1.75. The fourth-order valence-corrected chi connectivity index (χ4v) is 4.89. The fraction of sp³-hybridized carbons (Fsp3) is 0.294. The van der Waals surface area contributed by atoms with Crippen LogP contribution >= 0.6 is 0 Å². The van der Waals surface area contributed by atoms with E-state index in [9.17, 15) is 8.42 Å². The molecular formula is C17H19N3O3S. The maximum Gasteiger partial charge on any atom is 0.331 e. The Kier molecular flexibility index (Phi) is 3.91. The predicted octanol–water partition coefficient (Wildman–Crippen LogP) is 1.88. The largest absolute Gasteiger partial charge is 0.374 e. The van der Waals surface area contributed by atoms with Gasteiger partial charge in [0.1, 0.15) is 0 Å². The first-order chi connectivity index (χ1) is 11.7. The van der Waals surface area contributed by atoms with Crippen molar-refractivity contribution >= 4 is 27.3 Å². The van der Waals surface area contributed by atoms with Crippen molar-refractivity contribution in [3.05, 3.63) is 54.6 Å². The average molecular weight is 345 g/mol. The fourth-order valence-electron chi connectivity index (χ4n) is 3.14. The average Bonchev–Trinajstić information content (AvgIpc) is 2.84. The lowest BCUT2D eigenvalue weighted by Gasteiger charge is -2.28. The number of rotatable bonds is 3. The Morgan fingerprint density at radius 3 is 2.46 bits per heavy atom. The zero-order chi connectivity index (χ0) is 16.6. The lowest BCUT2D eigenvalue weighted by Crippen LogP contribution is -2.47. The molecule has 1 saturated heterocycles. The summed E-state index contributed by atoms with van der Waals surface area (Å²) >= 11 is 0. The van der Waals surface area contributed by atoms with Crippen LogP contribution in [-0.2, 0) is 14.9 Å². The number of anilines is 3. The minimum atomic E-state index is -3.68. The molecule has 2 aromatic rings. The van der Waals surface area contributed by atoms with Crippen LogP contribution in [0.15, 0.2) is 54.6 Å². The van der Waals surface area contributed by atoms with Crippen molar-refractivity contribution in [2.75, 3.05) is 34.9 Å². The van der Waals surface area contributed by atoms with Crippen LogP contribution in [0.5, 0.6) is 0 Å². The molecule has 1 N–H and O–H groups in total. The zero-order valence-corrected chi connectivity index (χ0v) is 13.9. The zero-order valence-electron chi connectivity index (χ0n) is 13.1. The first-order valence-corrected chi connectivity index (χ1v) is 9.37. The van der Waals surface area contributed by atoms with Gasteiger partial charge in [-0.1, -0.05) is 30.3 Å². The molecule has 126 valence electrons. The van der Waals surface area contributed by atoms with Gasteiger partial charge < -0.3 is 10.1 Å². The molecule has 1 atom stereocenters. The number of fused-ring (bicyclic) bond motifs is 1. The van der Waals surface area contributed by atoms with Gasteiger partial charge in [-0.05, 0) is 24.3 Å². The summed E-state index contributed by atoms with van der Waals surface area (Å²) < 4.78 is 35.0. The van der Waals surface area contributed by atoms with Crippen LogP contribution in [0.2, 0.25) is 0 Å². The van der Waals surface area contributed by atoms with Gasteiger partial charge in [-0.3, -0.25) is 0 Å². The molecule has 7 heteroatoms. The molecule has 2 heterocycles. The van der Waals surface area contributed by atoms with Crippen molar-refractivity contribution in [2.24, 2.45) is 0 Å². The monoisotopic (exact) mass is 345 g/mol. The second kappa shape index (κ2) is 6.08. The number of para-hydroxylation sites is 3. The van der Waals surface area contributed by atoms with E-state index in [1.54, 1.807) is 12.1 Å². The highest BCUT2D eigenvalue weighted by Gasteiger charge is 2.42. The minimum Gasteiger partial charge on any atom is -0.374 e. The van der Waals surface area contributed by atoms with E-state index < -0.39 is 10.2 Å². The predicted molar refractivity (Wildman–Crippen MR) is 93.9 cm³/mol. The molecular weight excluding hydrogens is 326 g/mol. The molecule has 0 spiro atoms. The first-order valence-electron chi connectivity index (χ1n) is 7.97. The standard InChI is InChI=1S/C17H19N3O3S/c21-24(22)19(13-15-12-18-10-11-23-15)16-8-4-5-9-17(16)20(24)14-6-2-1-3-7-14/h1-9,15,18H,10-13H2. The molecule has 24 heavy (non-hydrogen) atoms. The van der Waals surface area contributed by atoms with Gasteiger partial charge in [0.2, 0.25) is 0 Å². The minimum absolute atomic E-state index is 0.155. The third-order valence-electron chi connectivity index (χ3n) is 4.24. The third kappa shape index (κ3) is 2.54. The summed E-state index contributed by atoms with van der Waals surface area (Å²) in [6.45, 7) is 2.35. The summed E-state index contributed by atoms with van der Waals surface area (Å²) in [7, 11) is -3.68. The van der Waals surface area contributed by atoms with E-state index in [1.165, 1.54) is 8.61 Å². The summed E-state index contributed by atoms with van der Waals surface area (Å²) in [5, 5.41) is 3.24. The Morgan fingerprint density at radius 1 is 1.04 bits per heavy atom. The van der Waals surface area contributed by atoms with Crippen LogP contribution in [0, 0.1) is 0 Å². The number of ether oxygens (including phenoxy) is 1. The van der Waals surface area contributed by atoms with E-state index in [0.29, 0.717) is 36.8 Å². The van der Waals surface area contributed by atoms with E-state index in [2.05, 4.69) is 5.32 Å². The van der Waals surface area contributed by atoms with Crippen LogP contribution in [0.25, 0.3) is 0 Å². The summed E-state index contributed by atoms with van der Waals surface area (Å²) in [6, 6.07) is 16.5. The molecule has 0 bridgehead atoms. The van der Waals surface area contributed by atoms with Gasteiger partial charge in [0.15, 0.2) is 0 Å². The summed E-state index contributed by atoms with van der Waals surface area (Å²) in [6.07, 6.45) is -0.155. The highest BCUT2D eigenvalue weighted by Crippen LogP contribution is 2.45. The summed E-state index contributed by atoms with van der Waals surface area (Å²) in [4.78, 5) is 0. The van der Waals surface area contributed by atoms with Gasteiger partial charge in [-0.15, -0.1) is 0 Å². The number of hydrogen-bond donors (Lipinski definition) is 1. The van der Waals surface area contributed by atoms with Crippen molar-refractivity contribution < 1.29 is 13.2 Å². The highest BCUT2D eigenvalue weighted by atomic mass is 32.2. The van der Waals surface area contributed by atoms with Crippen molar-refractivity contribution in [1.29, 1.82) is 0 Å². The number of benzene rings is 2. The lowest BCUT2D eigenvalue weighted by atomic mass is 10.2. The van der Waals surface area contributed by atoms with Crippen LogP contribution in [-0.4, -0.2) is 40.8 Å². The maximum absolute atomic E-state index is 13.2. The van der Waals surface area contributed by atoms with E-state index >= 15 is 0 Å². The second-order valence-electron chi connectivity index (χ2n) is 5.82. The molecule has 1 fully saturated rings. The molecule has 2 aliphatic heterocycles. The molecule has 2 aromatic carbocycles. The summed E-state index contributed by atoms with van der Waals surface area (Å²) in [5.74, 6) is 0. The van der Waals surface area contributed by atoms with Crippen LogP contribution in [0.4, 0.5) is 17.1 Å². The quantitative estimate of drug-likeness (QED) is 0.923. The number of nitrogens with one attached hydrogen (secondary N) is 1. The number of hydrogen-bond acceptors (Lipinski definition) is 4. The molecule has 0 saturated carbocycles. The Labute approximate surface area is 141 Å². The maximum atomic E-state index is 13.2. The molecule has 1 unspecified atom stereocenters. The van der Waals surface area contributed by atoms with Gasteiger partial charge in [-0.2, -0.15) is 8.42 Å². The number of nitrogens with zero attached hydrogens (tertiary/aromatic N) is 2.